The molecular weight excluding hydrogens is 390 g/mol. The van der Waals surface area contributed by atoms with E-state index in [1.807, 2.05) is 15.9 Å². The van der Waals surface area contributed by atoms with Crippen LogP contribution in [0.5, 0.6) is 0 Å². The van der Waals surface area contributed by atoms with E-state index in [0.717, 1.165) is 11.7 Å². The van der Waals surface area contributed by atoms with E-state index < -0.39 is 0 Å². The van der Waals surface area contributed by atoms with Crippen molar-refractivity contribution in [3.05, 3.63) is 39.7 Å². The summed E-state index contributed by atoms with van der Waals surface area (Å²) >= 11 is 1.99. The molecule has 4 aromatic heterocycles. The second kappa shape index (κ2) is 6.41. The smallest absolute Gasteiger partial charge is 0.158 e. The third-order valence-electron chi connectivity index (χ3n) is 7.57. The van der Waals surface area contributed by atoms with Crippen LogP contribution in [0.25, 0.3) is 27.1 Å². The van der Waals surface area contributed by atoms with Crippen molar-refractivity contribution in [2.24, 2.45) is 0 Å². The summed E-state index contributed by atoms with van der Waals surface area (Å²) in [5, 5.41) is 9.70. The normalized spacial score (nSPS) is 23.6. The van der Waals surface area contributed by atoms with Gasteiger partial charge in [-0.05, 0) is 68.2 Å². The monoisotopic (exact) mass is 419 g/mol. The Balaban J connectivity index is 1.56. The van der Waals surface area contributed by atoms with E-state index in [0.29, 0.717) is 17.9 Å². The Morgan fingerprint density at radius 2 is 1.97 bits per heavy atom. The zero-order chi connectivity index (χ0) is 20.7. The first-order chi connectivity index (χ1) is 14.4. The summed E-state index contributed by atoms with van der Waals surface area (Å²) in [7, 11) is 0. The molecule has 6 heteroatoms. The number of thiophene rings is 1. The molecule has 2 N–H and O–H groups in total. The van der Waals surface area contributed by atoms with Gasteiger partial charge in [-0.25, -0.2) is 9.50 Å². The van der Waals surface area contributed by atoms with Gasteiger partial charge in [0.2, 0.25) is 0 Å². The Morgan fingerprint density at radius 3 is 2.67 bits per heavy atom. The number of nitrogens with zero attached hydrogens (tertiary/aromatic N) is 3. The van der Waals surface area contributed by atoms with Gasteiger partial charge in [-0.2, -0.15) is 5.10 Å². The molecule has 1 unspecified atom stereocenters. The number of H-pyrrole nitrogens is 1. The Bertz CT molecular complexity index is 1290. The van der Waals surface area contributed by atoms with Crippen LogP contribution in [-0.4, -0.2) is 31.7 Å². The van der Waals surface area contributed by atoms with Crippen LogP contribution >= 0.6 is 11.3 Å². The van der Waals surface area contributed by atoms with Gasteiger partial charge in [0, 0.05) is 40.0 Å². The largest absolute Gasteiger partial charge is 0.346 e. The van der Waals surface area contributed by atoms with Gasteiger partial charge in [0.05, 0.1) is 5.69 Å². The topological polar surface area (TPSA) is 58.0 Å². The zero-order valence-corrected chi connectivity index (χ0v) is 19.2. The highest BCUT2D eigenvalue weighted by Crippen LogP contribution is 2.49. The molecule has 0 amide bonds. The number of aryl methyl sites for hydroxylation is 2. The molecule has 0 saturated carbocycles. The molecule has 2 aliphatic rings. The molecule has 0 spiro atoms. The van der Waals surface area contributed by atoms with Gasteiger partial charge in [0.1, 0.15) is 11.2 Å². The second-order valence-corrected chi connectivity index (χ2v) is 10.6. The molecule has 2 saturated heterocycles. The first kappa shape index (κ1) is 18.6. The third kappa shape index (κ3) is 2.44. The number of hydrogen-bond donors (Lipinski definition) is 2. The van der Waals surface area contributed by atoms with Crippen molar-refractivity contribution >= 4 is 27.2 Å². The molecule has 0 aliphatic carbocycles. The first-order valence-electron chi connectivity index (χ1n) is 11.1. The molecule has 4 aromatic rings. The van der Waals surface area contributed by atoms with Crippen LogP contribution in [0.1, 0.15) is 72.1 Å². The maximum Gasteiger partial charge on any atom is 0.158 e. The van der Waals surface area contributed by atoms with Gasteiger partial charge in [-0.15, -0.1) is 11.3 Å². The van der Waals surface area contributed by atoms with Crippen LogP contribution in [0.2, 0.25) is 0 Å². The minimum absolute atomic E-state index is 0.444. The minimum Gasteiger partial charge on any atom is -0.346 e. The van der Waals surface area contributed by atoms with Crippen LogP contribution < -0.4 is 5.32 Å². The molecule has 2 aliphatic heterocycles. The fraction of sp³-hybridized carbons (Fsp3) is 0.500. The van der Waals surface area contributed by atoms with Gasteiger partial charge >= 0.3 is 0 Å². The lowest BCUT2D eigenvalue weighted by molar-refractivity contribution is 0.511. The van der Waals surface area contributed by atoms with Crippen LogP contribution in [0.3, 0.4) is 0 Å². The molecule has 156 valence electrons. The summed E-state index contributed by atoms with van der Waals surface area (Å²) in [5.41, 5.74) is 8.85. The van der Waals surface area contributed by atoms with E-state index >= 15 is 0 Å². The summed E-state index contributed by atoms with van der Waals surface area (Å²) in [5.74, 6) is 1.13. The van der Waals surface area contributed by atoms with Gasteiger partial charge < -0.3 is 10.3 Å². The Labute approximate surface area is 180 Å². The first-order valence-corrected chi connectivity index (χ1v) is 12.0. The van der Waals surface area contributed by atoms with Crippen LogP contribution in [0.15, 0.2) is 12.5 Å². The third-order valence-corrected chi connectivity index (χ3v) is 8.91. The number of hydrogen-bond acceptors (Lipinski definition) is 4. The number of aromatic nitrogens is 4. The maximum absolute atomic E-state index is 4.43. The second-order valence-electron chi connectivity index (χ2n) is 9.57. The minimum atomic E-state index is 0.444. The number of aromatic amines is 1. The summed E-state index contributed by atoms with van der Waals surface area (Å²) in [6, 6.07) is 1.41. The lowest BCUT2D eigenvalue weighted by Gasteiger charge is -2.20. The van der Waals surface area contributed by atoms with Gasteiger partial charge in [-0.3, -0.25) is 0 Å². The van der Waals surface area contributed by atoms with Crippen molar-refractivity contribution in [2.45, 2.75) is 77.8 Å². The molecule has 6 heterocycles. The van der Waals surface area contributed by atoms with Crippen LogP contribution in [0, 0.1) is 20.8 Å². The maximum atomic E-state index is 4.43. The van der Waals surface area contributed by atoms with Crippen molar-refractivity contribution in [1.82, 2.24) is 24.9 Å². The summed E-state index contributed by atoms with van der Waals surface area (Å²) < 4.78 is 1.91. The van der Waals surface area contributed by atoms with Gasteiger partial charge in [-0.1, -0.05) is 13.8 Å². The Hall–Kier alpha value is -2.18. The van der Waals surface area contributed by atoms with Crippen LogP contribution in [-0.2, 0) is 0 Å². The highest BCUT2D eigenvalue weighted by molar-refractivity contribution is 7.19. The Morgan fingerprint density at radius 1 is 1.13 bits per heavy atom. The van der Waals surface area contributed by atoms with Crippen LogP contribution in [0.4, 0.5) is 0 Å². The van der Waals surface area contributed by atoms with E-state index in [4.69, 9.17) is 0 Å². The lowest BCUT2D eigenvalue weighted by Crippen LogP contribution is -2.21. The van der Waals surface area contributed by atoms with Crippen molar-refractivity contribution in [3.63, 3.8) is 0 Å². The van der Waals surface area contributed by atoms with E-state index in [9.17, 15) is 0 Å². The SMILES string of the molecule is Cc1c(-c2[nH]c3sc(C4C[C@H]5CC[C@@H]4N5)c(C)c3c2C(C)C)cn2ncnc2c1C. The molecule has 0 radical (unpaired) electrons. The number of rotatable bonds is 3. The standard InChI is InChI=1S/C24H29N5S/c1-11(2)19-20-14(5)22(16-8-15-6-7-18(16)27-15)30-24(20)28-21(19)17-9-29-23(25-10-26-29)13(4)12(17)3/h9-11,15-16,18,27-28H,6-8H2,1-5H3/t15-,16?,18+/m1/s1. The molecular formula is C24H29N5S. The number of pyridine rings is 1. The quantitative estimate of drug-likeness (QED) is 0.455. The molecule has 5 nitrogen and oxygen atoms in total. The Kier molecular flexibility index (Phi) is 3.97. The molecule has 0 aromatic carbocycles. The predicted molar refractivity (Wildman–Crippen MR) is 124 cm³/mol. The van der Waals surface area contributed by atoms with E-state index in [1.165, 1.54) is 63.0 Å². The number of fused-ring (bicyclic) bond motifs is 4. The fourth-order valence-corrected chi connectivity index (χ4v) is 7.37. The zero-order valence-electron chi connectivity index (χ0n) is 18.3. The molecule has 6 rings (SSSR count). The van der Waals surface area contributed by atoms with Gasteiger partial charge in [0.25, 0.3) is 0 Å². The fourth-order valence-electron chi connectivity index (χ4n) is 5.96. The predicted octanol–water partition coefficient (Wildman–Crippen LogP) is 5.60. The van der Waals surface area contributed by atoms with Crippen molar-refractivity contribution in [3.8, 4) is 11.3 Å². The average molecular weight is 420 g/mol. The van der Waals surface area contributed by atoms with E-state index in [1.54, 1.807) is 11.2 Å². The number of nitrogens with one attached hydrogen (secondary N) is 2. The van der Waals surface area contributed by atoms with Gasteiger partial charge in [0.15, 0.2) is 5.65 Å². The highest BCUT2D eigenvalue weighted by Gasteiger charge is 2.41. The molecule has 30 heavy (non-hydrogen) atoms. The molecule has 3 atom stereocenters. The van der Waals surface area contributed by atoms with E-state index in [2.05, 4.69) is 61.2 Å². The summed E-state index contributed by atoms with van der Waals surface area (Å²) in [4.78, 5) is 11.2. The molecule has 2 fully saturated rings. The molecule has 2 bridgehead atoms. The summed E-state index contributed by atoms with van der Waals surface area (Å²) in [6.45, 7) is 11.3. The van der Waals surface area contributed by atoms with Crippen molar-refractivity contribution in [1.29, 1.82) is 0 Å². The van der Waals surface area contributed by atoms with Crippen molar-refractivity contribution < 1.29 is 0 Å². The lowest BCUT2D eigenvalue weighted by atomic mass is 9.86. The van der Waals surface area contributed by atoms with Crippen molar-refractivity contribution in [2.75, 3.05) is 0 Å². The average Bonchev–Trinajstić information content (AvgIpc) is 3.50. The highest BCUT2D eigenvalue weighted by atomic mass is 32.1. The van der Waals surface area contributed by atoms with E-state index in [-0.39, 0.29) is 0 Å². The summed E-state index contributed by atoms with van der Waals surface area (Å²) in [6.07, 6.45) is 7.78.